The van der Waals surface area contributed by atoms with Gasteiger partial charge in [-0.25, -0.2) is 0 Å². The van der Waals surface area contributed by atoms with E-state index in [4.69, 9.17) is 0 Å². The molecule has 0 amide bonds. The van der Waals surface area contributed by atoms with E-state index in [0.29, 0.717) is 19.5 Å². The van der Waals surface area contributed by atoms with Gasteiger partial charge in [0.15, 0.2) is 0 Å². The molecule has 1 unspecified atom stereocenters. The Morgan fingerprint density at radius 2 is 1.27 bits per heavy atom. The lowest BCUT2D eigenvalue weighted by Gasteiger charge is -2.28. The Bertz CT molecular complexity index is 771. The third kappa shape index (κ3) is 4.94. The van der Waals surface area contributed by atoms with Crippen LogP contribution in [0.1, 0.15) is 17.1 Å². The van der Waals surface area contributed by atoms with Crippen LogP contribution < -0.4 is 0 Å². The van der Waals surface area contributed by atoms with E-state index in [1.807, 2.05) is 59.5 Å². The zero-order valence-electron chi connectivity index (χ0n) is 14.3. The number of carbonyl (C=O) groups is 1. The van der Waals surface area contributed by atoms with Crippen LogP contribution in [0.5, 0.6) is 0 Å². The predicted molar refractivity (Wildman–Crippen MR) is 97.1 cm³/mol. The normalized spacial score (nSPS) is 12.0. The SMILES string of the molecule is O=C(O)C(Cc1ccccn1)N(Cc1ccccn1)Cc1ccccn1. The highest BCUT2D eigenvalue weighted by molar-refractivity contribution is 5.73. The van der Waals surface area contributed by atoms with Crippen LogP contribution in [0, 0.1) is 0 Å². The minimum Gasteiger partial charge on any atom is -0.480 e. The number of hydrogen-bond donors (Lipinski definition) is 1. The fraction of sp³-hybridized carbons (Fsp3) is 0.200. The molecule has 0 saturated carbocycles. The van der Waals surface area contributed by atoms with Gasteiger partial charge in [-0.1, -0.05) is 18.2 Å². The van der Waals surface area contributed by atoms with Crippen molar-refractivity contribution in [3.8, 4) is 0 Å². The van der Waals surface area contributed by atoms with Crippen LogP contribution in [0.15, 0.2) is 73.2 Å². The maximum atomic E-state index is 12.0. The molecule has 0 radical (unpaired) electrons. The monoisotopic (exact) mass is 348 g/mol. The van der Waals surface area contributed by atoms with Gasteiger partial charge in [-0.2, -0.15) is 0 Å². The van der Waals surface area contributed by atoms with Gasteiger partial charge in [0, 0.05) is 43.8 Å². The molecule has 6 nitrogen and oxygen atoms in total. The first-order valence-electron chi connectivity index (χ1n) is 8.39. The first-order chi connectivity index (χ1) is 12.7. The van der Waals surface area contributed by atoms with E-state index >= 15 is 0 Å². The molecular formula is C20H20N4O2. The number of carboxylic acids is 1. The van der Waals surface area contributed by atoms with E-state index in [1.54, 1.807) is 18.6 Å². The second kappa shape index (κ2) is 8.82. The van der Waals surface area contributed by atoms with E-state index in [0.717, 1.165) is 17.1 Å². The molecule has 132 valence electrons. The van der Waals surface area contributed by atoms with Gasteiger partial charge in [0.2, 0.25) is 0 Å². The molecule has 1 N–H and O–H groups in total. The van der Waals surface area contributed by atoms with Gasteiger partial charge in [0.25, 0.3) is 0 Å². The standard InChI is InChI=1S/C20H20N4O2/c25-20(26)19(13-16-7-1-4-10-21-16)24(14-17-8-2-5-11-22-17)15-18-9-3-6-12-23-18/h1-12,19H,13-15H2,(H,25,26). The Labute approximate surface area is 152 Å². The molecule has 0 aliphatic carbocycles. The van der Waals surface area contributed by atoms with E-state index in [9.17, 15) is 9.90 Å². The maximum absolute atomic E-state index is 12.0. The molecule has 0 saturated heterocycles. The van der Waals surface area contributed by atoms with Crippen molar-refractivity contribution in [2.75, 3.05) is 0 Å². The average molecular weight is 348 g/mol. The summed E-state index contributed by atoms with van der Waals surface area (Å²) in [4.78, 5) is 26.8. The highest BCUT2D eigenvalue weighted by atomic mass is 16.4. The van der Waals surface area contributed by atoms with Crippen LogP contribution in [0.3, 0.4) is 0 Å². The van der Waals surface area contributed by atoms with Gasteiger partial charge >= 0.3 is 5.97 Å². The average Bonchev–Trinajstić information content (AvgIpc) is 2.68. The number of rotatable bonds is 8. The van der Waals surface area contributed by atoms with Gasteiger partial charge in [0.1, 0.15) is 6.04 Å². The Morgan fingerprint density at radius 3 is 1.65 bits per heavy atom. The molecule has 3 rings (SSSR count). The Morgan fingerprint density at radius 1 is 0.808 bits per heavy atom. The van der Waals surface area contributed by atoms with Crippen molar-refractivity contribution in [1.82, 2.24) is 19.9 Å². The molecule has 3 aromatic heterocycles. The highest BCUT2D eigenvalue weighted by Gasteiger charge is 2.27. The van der Waals surface area contributed by atoms with Crippen molar-refractivity contribution in [2.24, 2.45) is 0 Å². The van der Waals surface area contributed by atoms with Gasteiger partial charge in [-0.3, -0.25) is 24.6 Å². The Hall–Kier alpha value is -3.12. The maximum Gasteiger partial charge on any atom is 0.321 e. The molecule has 26 heavy (non-hydrogen) atoms. The van der Waals surface area contributed by atoms with Crippen LogP contribution in [-0.2, 0) is 24.3 Å². The number of aromatic nitrogens is 3. The van der Waals surface area contributed by atoms with Gasteiger partial charge < -0.3 is 5.11 Å². The summed E-state index contributed by atoms with van der Waals surface area (Å²) in [5.41, 5.74) is 2.37. The largest absolute Gasteiger partial charge is 0.480 e. The zero-order chi connectivity index (χ0) is 18.2. The van der Waals surface area contributed by atoms with E-state index in [2.05, 4.69) is 15.0 Å². The predicted octanol–water partition coefficient (Wildman–Crippen LogP) is 2.57. The van der Waals surface area contributed by atoms with Crippen molar-refractivity contribution in [2.45, 2.75) is 25.6 Å². The quantitative estimate of drug-likeness (QED) is 0.674. The van der Waals surface area contributed by atoms with Crippen molar-refractivity contribution < 1.29 is 9.90 Å². The summed E-state index contributed by atoms with van der Waals surface area (Å²) < 4.78 is 0. The molecule has 0 bridgehead atoms. The number of aliphatic carboxylic acids is 1. The lowest BCUT2D eigenvalue weighted by Crippen LogP contribution is -2.42. The summed E-state index contributed by atoms with van der Waals surface area (Å²) in [6.45, 7) is 0.836. The summed E-state index contributed by atoms with van der Waals surface area (Å²) in [7, 11) is 0. The summed E-state index contributed by atoms with van der Waals surface area (Å²) in [5.74, 6) is -0.887. The molecule has 3 heterocycles. The minimum atomic E-state index is -0.887. The summed E-state index contributed by atoms with van der Waals surface area (Å²) in [6.07, 6.45) is 5.41. The number of nitrogens with zero attached hydrogens (tertiary/aromatic N) is 4. The fourth-order valence-electron chi connectivity index (χ4n) is 2.77. The smallest absolute Gasteiger partial charge is 0.321 e. The summed E-state index contributed by atoms with van der Waals surface area (Å²) in [5, 5.41) is 9.85. The molecular weight excluding hydrogens is 328 g/mol. The van der Waals surface area contributed by atoms with E-state index in [1.165, 1.54) is 0 Å². The molecule has 0 aliphatic rings. The van der Waals surface area contributed by atoms with Crippen LogP contribution in [-0.4, -0.2) is 37.0 Å². The first kappa shape index (κ1) is 17.7. The van der Waals surface area contributed by atoms with Crippen LogP contribution in [0.25, 0.3) is 0 Å². The number of hydrogen-bond acceptors (Lipinski definition) is 5. The van der Waals surface area contributed by atoms with Gasteiger partial charge in [0.05, 0.1) is 11.4 Å². The first-order valence-corrected chi connectivity index (χ1v) is 8.39. The zero-order valence-corrected chi connectivity index (χ0v) is 14.3. The van der Waals surface area contributed by atoms with Crippen LogP contribution >= 0.6 is 0 Å². The minimum absolute atomic E-state index is 0.315. The number of pyridine rings is 3. The molecule has 3 aromatic rings. The summed E-state index contributed by atoms with van der Waals surface area (Å²) in [6, 6.07) is 16.1. The van der Waals surface area contributed by atoms with Crippen molar-refractivity contribution in [1.29, 1.82) is 0 Å². The molecule has 6 heteroatoms. The molecule has 0 aliphatic heterocycles. The van der Waals surface area contributed by atoms with Gasteiger partial charge in [-0.15, -0.1) is 0 Å². The third-order valence-corrected chi connectivity index (χ3v) is 4.04. The second-order valence-electron chi connectivity index (χ2n) is 5.93. The van der Waals surface area contributed by atoms with Crippen molar-refractivity contribution in [3.63, 3.8) is 0 Å². The second-order valence-corrected chi connectivity index (χ2v) is 5.93. The molecule has 0 spiro atoms. The lowest BCUT2D eigenvalue weighted by atomic mass is 10.1. The lowest BCUT2D eigenvalue weighted by molar-refractivity contribution is -0.143. The molecule has 0 aromatic carbocycles. The van der Waals surface area contributed by atoms with Gasteiger partial charge in [-0.05, 0) is 36.4 Å². The summed E-state index contributed by atoms with van der Waals surface area (Å²) >= 11 is 0. The fourth-order valence-corrected chi connectivity index (χ4v) is 2.77. The van der Waals surface area contributed by atoms with Crippen LogP contribution in [0.2, 0.25) is 0 Å². The molecule has 0 fully saturated rings. The van der Waals surface area contributed by atoms with E-state index in [-0.39, 0.29) is 0 Å². The topological polar surface area (TPSA) is 79.2 Å². The number of carboxylic acid groups (broad SMARTS) is 1. The molecule has 1 atom stereocenters. The van der Waals surface area contributed by atoms with Crippen molar-refractivity contribution in [3.05, 3.63) is 90.3 Å². The van der Waals surface area contributed by atoms with E-state index < -0.39 is 12.0 Å². The third-order valence-electron chi connectivity index (χ3n) is 4.04. The highest BCUT2D eigenvalue weighted by Crippen LogP contribution is 2.15. The Kier molecular flexibility index (Phi) is 6.01. The van der Waals surface area contributed by atoms with Crippen molar-refractivity contribution >= 4 is 5.97 Å². The van der Waals surface area contributed by atoms with Crippen LogP contribution in [0.4, 0.5) is 0 Å². The Balaban J connectivity index is 1.86.